The SMILES string of the molecule is CC(C)c1cc(C#N)cc2nc(-c3ccc(NC(=O)CN4CCN(c5ccc(C(F)(F)F)cc5)CC4)cc3)oc12. The summed E-state index contributed by atoms with van der Waals surface area (Å²) in [6, 6.07) is 18.1. The van der Waals surface area contributed by atoms with E-state index in [-0.39, 0.29) is 18.4 Å². The largest absolute Gasteiger partial charge is 0.436 e. The van der Waals surface area contributed by atoms with Gasteiger partial charge in [-0.3, -0.25) is 9.69 Å². The van der Waals surface area contributed by atoms with Crippen molar-refractivity contribution in [1.29, 1.82) is 5.26 Å². The number of alkyl halides is 3. The van der Waals surface area contributed by atoms with E-state index in [4.69, 9.17) is 4.42 Å². The molecule has 0 atom stereocenters. The number of fused-ring (bicyclic) bond motifs is 1. The number of oxazole rings is 1. The molecule has 4 aromatic rings. The summed E-state index contributed by atoms with van der Waals surface area (Å²) in [6.07, 6.45) is -4.35. The zero-order chi connectivity index (χ0) is 28.4. The molecule has 0 bridgehead atoms. The Morgan fingerprint density at radius 1 is 1.05 bits per heavy atom. The van der Waals surface area contributed by atoms with E-state index in [9.17, 15) is 23.2 Å². The molecule has 1 amide bonds. The first kappa shape index (κ1) is 27.2. The molecule has 206 valence electrons. The molecule has 1 fully saturated rings. The van der Waals surface area contributed by atoms with Gasteiger partial charge in [0.25, 0.3) is 0 Å². The van der Waals surface area contributed by atoms with Gasteiger partial charge in [0.05, 0.1) is 23.7 Å². The number of hydrogen-bond donors (Lipinski definition) is 1. The number of halogens is 3. The summed E-state index contributed by atoms with van der Waals surface area (Å²) >= 11 is 0. The lowest BCUT2D eigenvalue weighted by Crippen LogP contribution is -2.48. The van der Waals surface area contributed by atoms with Crippen LogP contribution in [0.1, 0.15) is 36.5 Å². The van der Waals surface area contributed by atoms with Crippen LogP contribution in [0, 0.1) is 11.3 Å². The summed E-state index contributed by atoms with van der Waals surface area (Å²) in [7, 11) is 0. The van der Waals surface area contributed by atoms with E-state index < -0.39 is 11.7 Å². The summed E-state index contributed by atoms with van der Waals surface area (Å²) in [5.74, 6) is 0.459. The molecule has 3 aromatic carbocycles. The van der Waals surface area contributed by atoms with Crippen molar-refractivity contribution in [2.45, 2.75) is 25.9 Å². The van der Waals surface area contributed by atoms with Crippen molar-refractivity contribution in [3.63, 3.8) is 0 Å². The van der Waals surface area contributed by atoms with Crippen molar-refractivity contribution in [2.24, 2.45) is 0 Å². The molecule has 2 heterocycles. The number of benzene rings is 3. The Bertz CT molecular complexity index is 1550. The minimum atomic E-state index is -4.35. The fourth-order valence-corrected chi connectivity index (χ4v) is 4.80. The molecular weight excluding hydrogens is 519 g/mol. The van der Waals surface area contributed by atoms with Gasteiger partial charge in [0.1, 0.15) is 5.52 Å². The lowest BCUT2D eigenvalue weighted by Gasteiger charge is -2.35. The average molecular weight is 548 g/mol. The van der Waals surface area contributed by atoms with Gasteiger partial charge in [-0.2, -0.15) is 18.4 Å². The van der Waals surface area contributed by atoms with E-state index in [1.54, 1.807) is 18.2 Å². The van der Waals surface area contributed by atoms with Crippen molar-refractivity contribution in [2.75, 3.05) is 42.9 Å². The second-order valence-corrected chi connectivity index (χ2v) is 10.1. The van der Waals surface area contributed by atoms with Crippen LogP contribution in [0.25, 0.3) is 22.6 Å². The number of anilines is 2. The topological polar surface area (TPSA) is 85.4 Å². The zero-order valence-electron chi connectivity index (χ0n) is 22.1. The third-order valence-corrected chi connectivity index (χ3v) is 6.98. The van der Waals surface area contributed by atoms with Gasteiger partial charge in [-0.1, -0.05) is 13.8 Å². The van der Waals surface area contributed by atoms with Crippen LogP contribution in [-0.4, -0.2) is 48.5 Å². The number of hydrogen-bond acceptors (Lipinski definition) is 6. The van der Waals surface area contributed by atoms with Crippen LogP contribution >= 0.6 is 0 Å². The summed E-state index contributed by atoms with van der Waals surface area (Å²) in [4.78, 5) is 21.3. The molecule has 0 aliphatic carbocycles. The molecule has 10 heteroatoms. The highest BCUT2D eigenvalue weighted by molar-refractivity contribution is 5.92. The molecule has 0 radical (unpaired) electrons. The van der Waals surface area contributed by atoms with Crippen molar-refractivity contribution in [3.05, 3.63) is 77.4 Å². The van der Waals surface area contributed by atoms with Crippen LogP contribution in [-0.2, 0) is 11.0 Å². The summed E-state index contributed by atoms with van der Waals surface area (Å²) < 4.78 is 44.5. The second-order valence-electron chi connectivity index (χ2n) is 10.1. The minimum Gasteiger partial charge on any atom is -0.436 e. The Morgan fingerprint density at radius 2 is 1.73 bits per heavy atom. The molecule has 0 saturated carbocycles. The number of aromatic nitrogens is 1. The Labute approximate surface area is 229 Å². The number of piperazine rings is 1. The molecule has 5 rings (SSSR count). The predicted octanol–water partition coefficient (Wildman–Crippen LogP) is 6.27. The predicted molar refractivity (Wildman–Crippen MR) is 147 cm³/mol. The smallest absolute Gasteiger partial charge is 0.416 e. The number of nitrogens with one attached hydrogen (secondary N) is 1. The van der Waals surface area contributed by atoms with Gasteiger partial charge in [-0.05, 0) is 66.6 Å². The molecule has 1 aliphatic rings. The maximum atomic E-state index is 12.8. The van der Waals surface area contributed by atoms with E-state index in [0.717, 1.165) is 28.9 Å². The molecule has 1 aliphatic heterocycles. The van der Waals surface area contributed by atoms with E-state index in [2.05, 4.69) is 16.4 Å². The van der Waals surface area contributed by atoms with Gasteiger partial charge >= 0.3 is 6.18 Å². The quantitative estimate of drug-likeness (QED) is 0.306. The third-order valence-electron chi connectivity index (χ3n) is 6.98. The minimum absolute atomic E-state index is 0.150. The maximum Gasteiger partial charge on any atom is 0.416 e. The Kier molecular flexibility index (Phi) is 7.50. The Balaban J connectivity index is 1.16. The van der Waals surface area contributed by atoms with Crippen molar-refractivity contribution < 1.29 is 22.4 Å². The molecule has 1 aromatic heterocycles. The molecule has 1 saturated heterocycles. The molecular formula is C30H28F3N5O2. The van der Waals surface area contributed by atoms with Crippen LogP contribution in [0.4, 0.5) is 24.5 Å². The first-order valence-electron chi connectivity index (χ1n) is 13.0. The van der Waals surface area contributed by atoms with Gasteiger partial charge in [0, 0.05) is 48.7 Å². The number of nitrogens with zero attached hydrogens (tertiary/aromatic N) is 4. The Morgan fingerprint density at radius 3 is 2.33 bits per heavy atom. The highest BCUT2D eigenvalue weighted by atomic mass is 19.4. The third kappa shape index (κ3) is 5.95. The highest BCUT2D eigenvalue weighted by Gasteiger charge is 2.30. The highest BCUT2D eigenvalue weighted by Crippen LogP contribution is 2.32. The van der Waals surface area contributed by atoms with Gasteiger partial charge in [-0.15, -0.1) is 0 Å². The normalized spacial score (nSPS) is 14.5. The van der Waals surface area contributed by atoms with E-state index in [1.807, 2.05) is 41.8 Å². The first-order valence-corrected chi connectivity index (χ1v) is 13.0. The molecule has 40 heavy (non-hydrogen) atoms. The van der Waals surface area contributed by atoms with Crippen molar-refractivity contribution in [3.8, 4) is 17.5 Å². The van der Waals surface area contributed by atoms with E-state index in [1.165, 1.54) is 12.1 Å². The van der Waals surface area contributed by atoms with E-state index >= 15 is 0 Å². The van der Waals surface area contributed by atoms with Gasteiger partial charge < -0.3 is 14.6 Å². The average Bonchev–Trinajstić information content (AvgIpc) is 3.37. The second kappa shape index (κ2) is 11.0. The summed E-state index contributed by atoms with van der Waals surface area (Å²) in [6.45, 7) is 6.77. The monoisotopic (exact) mass is 547 g/mol. The number of carbonyl (C=O) groups is 1. The fourth-order valence-electron chi connectivity index (χ4n) is 4.80. The Hall–Kier alpha value is -4.36. The van der Waals surface area contributed by atoms with Crippen LogP contribution in [0.15, 0.2) is 65.1 Å². The molecule has 0 unspecified atom stereocenters. The molecule has 7 nitrogen and oxygen atoms in total. The lowest BCUT2D eigenvalue weighted by atomic mass is 10.00. The molecule has 1 N–H and O–H groups in total. The number of nitriles is 1. The van der Waals surface area contributed by atoms with E-state index in [0.29, 0.717) is 54.4 Å². The zero-order valence-corrected chi connectivity index (χ0v) is 22.1. The van der Waals surface area contributed by atoms with Crippen molar-refractivity contribution >= 4 is 28.4 Å². The lowest BCUT2D eigenvalue weighted by molar-refractivity contribution is -0.137. The van der Waals surface area contributed by atoms with Gasteiger partial charge in [0.15, 0.2) is 5.58 Å². The van der Waals surface area contributed by atoms with Crippen LogP contribution < -0.4 is 10.2 Å². The molecule has 0 spiro atoms. The van der Waals surface area contributed by atoms with Crippen LogP contribution in [0.3, 0.4) is 0 Å². The van der Waals surface area contributed by atoms with Crippen molar-refractivity contribution in [1.82, 2.24) is 9.88 Å². The maximum absolute atomic E-state index is 12.8. The van der Waals surface area contributed by atoms with Gasteiger partial charge in [0.2, 0.25) is 11.8 Å². The van der Waals surface area contributed by atoms with Gasteiger partial charge in [-0.25, -0.2) is 4.98 Å². The number of rotatable bonds is 6. The first-order chi connectivity index (χ1) is 19.1. The standard InChI is InChI=1S/C30H28F3N5O2/c1-19(2)25-15-20(17-34)16-26-28(25)40-29(36-26)21-3-7-23(8-4-21)35-27(39)18-37-11-13-38(14-12-37)24-9-5-22(6-10-24)30(31,32)33/h3-10,15-16,19H,11-14,18H2,1-2H3,(H,35,39). The van der Waals surface area contributed by atoms with Crippen LogP contribution in [0.2, 0.25) is 0 Å². The number of amides is 1. The summed E-state index contributed by atoms with van der Waals surface area (Å²) in [5.41, 5.74) is 4.23. The van der Waals surface area contributed by atoms with Crippen LogP contribution in [0.5, 0.6) is 0 Å². The number of carbonyl (C=O) groups excluding carboxylic acids is 1. The summed E-state index contributed by atoms with van der Waals surface area (Å²) in [5, 5.41) is 12.3. The fraction of sp³-hybridized carbons (Fsp3) is 0.300.